The van der Waals surface area contributed by atoms with E-state index in [-0.39, 0.29) is 36.2 Å². The monoisotopic (exact) mass is 210 g/mol. The zero-order chi connectivity index (χ0) is 11.6. The molecule has 0 radical (unpaired) electrons. The number of carbonyl (C=O) groups excluding carboxylic acids is 4. The van der Waals surface area contributed by atoms with E-state index in [4.69, 9.17) is 0 Å². The second-order valence-electron chi connectivity index (χ2n) is 4.72. The lowest BCUT2D eigenvalue weighted by molar-refractivity contribution is -0.145. The van der Waals surface area contributed by atoms with Crippen LogP contribution in [0.4, 0.5) is 0 Å². The van der Waals surface area contributed by atoms with Gasteiger partial charge in [0.15, 0.2) is 17.3 Å². The summed E-state index contributed by atoms with van der Waals surface area (Å²) in [4.78, 5) is 44.7. The molecule has 0 bridgehead atoms. The lowest BCUT2D eigenvalue weighted by atomic mass is 9.70. The first-order valence-electron chi connectivity index (χ1n) is 4.89. The Labute approximate surface area is 88.0 Å². The van der Waals surface area contributed by atoms with Crippen molar-refractivity contribution in [1.29, 1.82) is 0 Å². The first-order valence-corrected chi connectivity index (χ1v) is 4.89. The van der Waals surface area contributed by atoms with E-state index < -0.39 is 11.7 Å². The van der Waals surface area contributed by atoms with Gasteiger partial charge in [-0.05, 0) is 5.41 Å². The molecule has 0 amide bonds. The molecule has 4 heteroatoms. The molecule has 0 atom stereocenters. The van der Waals surface area contributed by atoms with Gasteiger partial charge in [-0.15, -0.1) is 0 Å². The number of ketones is 3. The highest BCUT2D eigenvalue weighted by Crippen LogP contribution is 2.34. The molecule has 0 unspecified atom stereocenters. The number of hydrogen-bond donors (Lipinski definition) is 0. The third kappa shape index (κ3) is 2.58. The molecule has 1 aliphatic carbocycles. The molecule has 0 aromatic heterocycles. The number of hydrogen-bond acceptors (Lipinski definition) is 4. The van der Waals surface area contributed by atoms with Gasteiger partial charge >= 0.3 is 0 Å². The highest BCUT2D eigenvalue weighted by atomic mass is 16.2. The number of rotatable bonds is 3. The Morgan fingerprint density at radius 3 is 2.20 bits per heavy atom. The summed E-state index contributed by atoms with van der Waals surface area (Å²) < 4.78 is 0. The van der Waals surface area contributed by atoms with E-state index in [1.165, 1.54) is 0 Å². The molecule has 4 nitrogen and oxygen atoms in total. The molecule has 0 aromatic rings. The number of Topliss-reactive ketones (excluding diaryl/α,β-unsaturated/α-hetero) is 3. The molecule has 0 saturated heterocycles. The van der Waals surface area contributed by atoms with Gasteiger partial charge in [0.2, 0.25) is 0 Å². The topological polar surface area (TPSA) is 68.3 Å². The molecule has 0 spiro atoms. The van der Waals surface area contributed by atoms with E-state index in [1.54, 1.807) is 0 Å². The Morgan fingerprint density at radius 1 is 1.33 bits per heavy atom. The number of aldehydes is 1. The predicted molar refractivity (Wildman–Crippen MR) is 52.2 cm³/mol. The van der Waals surface area contributed by atoms with Crippen LogP contribution in [-0.4, -0.2) is 23.6 Å². The van der Waals surface area contributed by atoms with Gasteiger partial charge in [-0.1, -0.05) is 13.8 Å². The fraction of sp³-hybridized carbons (Fsp3) is 0.636. The van der Waals surface area contributed by atoms with E-state index >= 15 is 0 Å². The molecular weight excluding hydrogens is 196 g/mol. The van der Waals surface area contributed by atoms with Crippen molar-refractivity contribution in [2.45, 2.75) is 33.1 Å². The van der Waals surface area contributed by atoms with E-state index in [0.717, 1.165) is 0 Å². The lowest BCUT2D eigenvalue weighted by Crippen LogP contribution is -2.41. The van der Waals surface area contributed by atoms with Gasteiger partial charge in [0.25, 0.3) is 0 Å². The summed E-state index contributed by atoms with van der Waals surface area (Å²) in [6.45, 7) is 3.65. The average molecular weight is 210 g/mol. The smallest absolute Gasteiger partial charge is 0.157 e. The van der Waals surface area contributed by atoms with Gasteiger partial charge < -0.3 is 4.79 Å². The van der Waals surface area contributed by atoms with Gasteiger partial charge in [0.1, 0.15) is 12.2 Å². The fourth-order valence-corrected chi connectivity index (χ4v) is 1.95. The third-order valence-corrected chi connectivity index (χ3v) is 2.56. The second-order valence-corrected chi connectivity index (χ2v) is 4.72. The summed E-state index contributed by atoms with van der Waals surface area (Å²) in [5, 5.41) is 0. The molecule has 0 aromatic carbocycles. The van der Waals surface area contributed by atoms with Crippen molar-refractivity contribution in [2.24, 2.45) is 11.3 Å². The van der Waals surface area contributed by atoms with Gasteiger partial charge in [-0.25, -0.2) is 0 Å². The van der Waals surface area contributed by atoms with Crippen LogP contribution in [0.2, 0.25) is 0 Å². The number of carbonyl (C=O) groups is 4. The molecule has 0 heterocycles. The van der Waals surface area contributed by atoms with E-state index in [2.05, 4.69) is 0 Å². The van der Waals surface area contributed by atoms with Crippen molar-refractivity contribution in [3.63, 3.8) is 0 Å². The maximum atomic E-state index is 11.6. The van der Waals surface area contributed by atoms with Crippen LogP contribution in [-0.2, 0) is 19.2 Å². The van der Waals surface area contributed by atoms with Crippen molar-refractivity contribution in [3.8, 4) is 0 Å². The van der Waals surface area contributed by atoms with E-state index in [0.29, 0.717) is 6.29 Å². The Morgan fingerprint density at radius 2 is 1.80 bits per heavy atom. The van der Waals surface area contributed by atoms with E-state index in [1.807, 2.05) is 13.8 Å². The Bertz CT molecular complexity index is 307. The molecular formula is C11H14O4. The standard InChI is InChI=1S/C11H14O4/c1-11(2)5-8(14)10(9(15)6-11)7(13)3-4-12/h4,10H,3,5-6H2,1-2H3. The average Bonchev–Trinajstić information content (AvgIpc) is 1.99. The van der Waals surface area contributed by atoms with Crippen LogP contribution >= 0.6 is 0 Å². The van der Waals surface area contributed by atoms with Crippen LogP contribution in [0.5, 0.6) is 0 Å². The van der Waals surface area contributed by atoms with Gasteiger partial charge in [0, 0.05) is 12.8 Å². The highest BCUT2D eigenvalue weighted by Gasteiger charge is 2.42. The molecule has 1 fully saturated rings. The Kier molecular flexibility index (Phi) is 3.17. The summed E-state index contributed by atoms with van der Waals surface area (Å²) in [6.07, 6.45) is 0.549. The summed E-state index contributed by atoms with van der Waals surface area (Å²) >= 11 is 0. The SMILES string of the molecule is CC1(C)CC(=O)C(C(=O)CC=O)C(=O)C1. The minimum atomic E-state index is -1.18. The zero-order valence-corrected chi connectivity index (χ0v) is 8.91. The van der Waals surface area contributed by atoms with E-state index in [9.17, 15) is 19.2 Å². The van der Waals surface area contributed by atoms with Crippen LogP contribution in [0.25, 0.3) is 0 Å². The molecule has 15 heavy (non-hydrogen) atoms. The Balaban J connectivity index is 2.84. The van der Waals surface area contributed by atoms with Crippen molar-refractivity contribution < 1.29 is 19.2 Å². The fourth-order valence-electron chi connectivity index (χ4n) is 1.95. The maximum Gasteiger partial charge on any atom is 0.157 e. The lowest BCUT2D eigenvalue weighted by Gasteiger charge is -2.31. The predicted octanol–water partition coefficient (Wildman–Crippen LogP) is 0.719. The minimum absolute atomic E-state index is 0.230. The second kappa shape index (κ2) is 4.04. The molecule has 1 rings (SSSR count). The quantitative estimate of drug-likeness (QED) is 0.508. The minimum Gasteiger partial charge on any atom is -0.303 e. The molecule has 1 saturated carbocycles. The zero-order valence-electron chi connectivity index (χ0n) is 8.91. The van der Waals surface area contributed by atoms with Crippen molar-refractivity contribution in [2.75, 3.05) is 0 Å². The molecule has 82 valence electrons. The largest absolute Gasteiger partial charge is 0.303 e. The van der Waals surface area contributed by atoms with Crippen LogP contribution in [0.3, 0.4) is 0 Å². The summed E-state index contributed by atoms with van der Waals surface area (Å²) in [5.41, 5.74) is -0.355. The third-order valence-electron chi connectivity index (χ3n) is 2.56. The summed E-state index contributed by atoms with van der Waals surface area (Å²) in [5.74, 6) is -2.43. The van der Waals surface area contributed by atoms with Gasteiger partial charge in [-0.2, -0.15) is 0 Å². The first-order chi connectivity index (χ1) is 6.87. The van der Waals surface area contributed by atoms with Crippen molar-refractivity contribution in [3.05, 3.63) is 0 Å². The highest BCUT2D eigenvalue weighted by molar-refractivity contribution is 6.22. The van der Waals surface area contributed by atoms with Crippen molar-refractivity contribution in [1.82, 2.24) is 0 Å². The molecule has 0 N–H and O–H groups in total. The maximum absolute atomic E-state index is 11.6. The Hall–Kier alpha value is -1.32. The summed E-state index contributed by atoms with van der Waals surface area (Å²) in [7, 11) is 0. The van der Waals surface area contributed by atoms with Gasteiger partial charge in [0.05, 0.1) is 6.42 Å². The van der Waals surface area contributed by atoms with Crippen LogP contribution in [0.15, 0.2) is 0 Å². The van der Waals surface area contributed by atoms with Crippen LogP contribution < -0.4 is 0 Å². The summed E-state index contributed by atoms with van der Waals surface area (Å²) in [6, 6.07) is 0. The molecule has 0 aliphatic heterocycles. The van der Waals surface area contributed by atoms with Crippen LogP contribution in [0, 0.1) is 11.3 Å². The molecule has 1 aliphatic rings. The van der Waals surface area contributed by atoms with Crippen molar-refractivity contribution >= 4 is 23.6 Å². The first kappa shape index (κ1) is 11.8. The van der Waals surface area contributed by atoms with Crippen LogP contribution in [0.1, 0.15) is 33.1 Å². The normalized spacial score (nSPS) is 21.5. The van der Waals surface area contributed by atoms with Gasteiger partial charge in [-0.3, -0.25) is 14.4 Å².